The van der Waals surface area contributed by atoms with E-state index in [1.807, 2.05) is 0 Å². The van der Waals surface area contributed by atoms with Crippen molar-refractivity contribution in [2.24, 2.45) is 0 Å². The molecule has 0 aliphatic carbocycles. The molecule has 11 heteroatoms. The molecule has 11 nitrogen and oxygen atoms in total. The van der Waals surface area contributed by atoms with E-state index in [2.05, 4.69) is 12.2 Å². The molecule has 0 aromatic carbocycles. The molecule has 0 atom stereocenters. The molecule has 198 valence electrons. The molecule has 0 aromatic heterocycles. The number of carbonyl (C=O) groups excluding carboxylic acids is 1. The van der Waals surface area contributed by atoms with E-state index in [-0.39, 0.29) is 6.61 Å². The molecule has 0 aliphatic rings. The number of nitrogens with one attached hydrogen (secondary N) is 1. The van der Waals surface area contributed by atoms with Gasteiger partial charge in [0.1, 0.15) is 6.61 Å². The summed E-state index contributed by atoms with van der Waals surface area (Å²) in [4.78, 5) is 11.3. The zero-order valence-corrected chi connectivity index (χ0v) is 20.5. The first-order valence-electron chi connectivity index (χ1n) is 11.7. The number of ether oxygens (including phenoxy) is 9. The first-order chi connectivity index (χ1) is 16.3. The molecule has 33 heavy (non-hydrogen) atoms. The Morgan fingerprint density at radius 2 is 0.879 bits per heavy atom. The number of unbranched alkanes of at least 4 members (excludes halogenated alkanes) is 1. The van der Waals surface area contributed by atoms with Gasteiger partial charge in [0.2, 0.25) is 0 Å². The Hall–Kier alpha value is -1.05. The van der Waals surface area contributed by atoms with Crippen LogP contribution in [0.4, 0.5) is 4.79 Å². The van der Waals surface area contributed by atoms with E-state index in [9.17, 15) is 4.79 Å². The number of rotatable bonds is 27. The predicted octanol–water partition coefficient (Wildman–Crippen LogP) is 1.28. The largest absolute Gasteiger partial charge is 0.447 e. The molecule has 0 rings (SSSR count). The third-order valence-electron chi connectivity index (χ3n) is 3.92. The van der Waals surface area contributed by atoms with Crippen LogP contribution < -0.4 is 5.32 Å². The number of methoxy groups -OCH3 is 1. The van der Waals surface area contributed by atoms with Crippen molar-refractivity contribution >= 4 is 6.09 Å². The highest BCUT2D eigenvalue weighted by molar-refractivity contribution is 5.66. The van der Waals surface area contributed by atoms with Crippen LogP contribution in [0.5, 0.6) is 0 Å². The summed E-state index contributed by atoms with van der Waals surface area (Å²) < 4.78 is 47.5. The Balaban J connectivity index is 3.06. The number of amides is 1. The van der Waals surface area contributed by atoms with Gasteiger partial charge in [-0.1, -0.05) is 13.3 Å². The molecule has 0 heterocycles. The van der Waals surface area contributed by atoms with E-state index in [0.29, 0.717) is 106 Å². The van der Waals surface area contributed by atoms with Crippen LogP contribution in [-0.2, 0) is 42.6 Å². The van der Waals surface area contributed by atoms with Crippen molar-refractivity contribution in [3.8, 4) is 0 Å². The van der Waals surface area contributed by atoms with E-state index in [1.54, 1.807) is 7.11 Å². The minimum atomic E-state index is -0.405. The van der Waals surface area contributed by atoms with Gasteiger partial charge < -0.3 is 47.9 Å². The fourth-order valence-electron chi connectivity index (χ4n) is 2.18. The molecule has 0 radical (unpaired) electrons. The summed E-state index contributed by atoms with van der Waals surface area (Å²) in [7, 11) is 1.64. The minimum absolute atomic E-state index is 0.227. The van der Waals surface area contributed by atoms with Crippen LogP contribution in [0, 0.1) is 0 Å². The summed E-state index contributed by atoms with van der Waals surface area (Å²) in [5.74, 6) is 0. The van der Waals surface area contributed by atoms with Gasteiger partial charge in [0, 0.05) is 13.7 Å². The lowest BCUT2D eigenvalue weighted by atomic mass is 10.3. The SMILES string of the molecule is CCCCNC(=O)OCCOCCOCCOCCOCCOCCOCCOCCOC. The van der Waals surface area contributed by atoms with Crippen molar-refractivity contribution in [2.75, 3.05) is 119 Å². The van der Waals surface area contributed by atoms with Gasteiger partial charge in [0.05, 0.1) is 99.1 Å². The van der Waals surface area contributed by atoms with E-state index in [0.717, 1.165) is 12.8 Å². The molecule has 0 aliphatic heterocycles. The number of hydrogen-bond donors (Lipinski definition) is 1. The predicted molar refractivity (Wildman–Crippen MR) is 122 cm³/mol. The second-order valence-electron chi connectivity index (χ2n) is 6.70. The Bertz CT molecular complexity index is 390. The third kappa shape index (κ3) is 28.9. The minimum Gasteiger partial charge on any atom is -0.447 e. The van der Waals surface area contributed by atoms with Crippen molar-refractivity contribution in [2.45, 2.75) is 19.8 Å². The highest BCUT2D eigenvalue weighted by Gasteiger charge is 2.00. The highest BCUT2D eigenvalue weighted by atomic mass is 16.6. The van der Waals surface area contributed by atoms with Crippen molar-refractivity contribution < 1.29 is 47.4 Å². The summed E-state index contributed by atoms with van der Waals surface area (Å²) in [5.41, 5.74) is 0. The Labute approximate surface area is 198 Å². The zero-order valence-electron chi connectivity index (χ0n) is 20.5. The first-order valence-corrected chi connectivity index (χ1v) is 11.7. The summed E-state index contributed by atoms with van der Waals surface area (Å²) in [6.07, 6.45) is 1.57. The van der Waals surface area contributed by atoms with Gasteiger partial charge in [-0.3, -0.25) is 0 Å². The van der Waals surface area contributed by atoms with Crippen LogP contribution >= 0.6 is 0 Å². The van der Waals surface area contributed by atoms with Gasteiger partial charge in [-0.15, -0.1) is 0 Å². The van der Waals surface area contributed by atoms with Gasteiger partial charge in [-0.25, -0.2) is 4.79 Å². The monoisotopic (exact) mass is 483 g/mol. The smallest absolute Gasteiger partial charge is 0.407 e. The normalized spacial score (nSPS) is 11.1. The van der Waals surface area contributed by atoms with Crippen LogP contribution in [0.2, 0.25) is 0 Å². The lowest BCUT2D eigenvalue weighted by Gasteiger charge is -2.09. The lowest BCUT2D eigenvalue weighted by molar-refractivity contribution is -0.0231. The Morgan fingerprint density at radius 3 is 1.21 bits per heavy atom. The van der Waals surface area contributed by atoms with Crippen LogP contribution in [0.3, 0.4) is 0 Å². The Kier molecular flexibility index (Phi) is 28.1. The van der Waals surface area contributed by atoms with E-state index < -0.39 is 6.09 Å². The second-order valence-corrected chi connectivity index (χ2v) is 6.70. The average Bonchev–Trinajstić information content (AvgIpc) is 2.82. The van der Waals surface area contributed by atoms with Crippen LogP contribution in [-0.4, -0.2) is 125 Å². The number of carbonyl (C=O) groups is 1. The molecule has 0 saturated carbocycles. The summed E-state index contributed by atoms with van der Waals surface area (Å²) in [6, 6.07) is 0. The topological polar surface area (TPSA) is 112 Å². The quantitative estimate of drug-likeness (QED) is 0.171. The van der Waals surface area contributed by atoms with E-state index in [4.69, 9.17) is 42.6 Å². The molecule has 0 saturated heterocycles. The maximum atomic E-state index is 11.3. The average molecular weight is 484 g/mol. The molecule has 1 N–H and O–H groups in total. The highest BCUT2D eigenvalue weighted by Crippen LogP contribution is 1.87. The van der Waals surface area contributed by atoms with Crippen LogP contribution in [0.15, 0.2) is 0 Å². The van der Waals surface area contributed by atoms with Gasteiger partial charge in [0.15, 0.2) is 0 Å². The number of hydrogen-bond acceptors (Lipinski definition) is 10. The maximum Gasteiger partial charge on any atom is 0.407 e. The van der Waals surface area contributed by atoms with Crippen LogP contribution in [0.1, 0.15) is 19.8 Å². The third-order valence-corrected chi connectivity index (χ3v) is 3.92. The van der Waals surface area contributed by atoms with Gasteiger partial charge in [-0.2, -0.15) is 0 Å². The molecular formula is C22H45NO10. The Morgan fingerprint density at radius 1 is 0.545 bits per heavy atom. The fraction of sp³-hybridized carbons (Fsp3) is 0.955. The van der Waals surface area contributed by atoms with Crippen LogP contribution in [0.25, 0.3) is 0 Å². The van der Waals surface area contributed by atoms with Crippen molar-refractivity contribution in [3.05, 3.63) is 0 Å². The maximum absolute atomic E-state index is 11.3. The molecule has 1 amide bonds. The summed E-state index contributed by atoms with van der Waals surface area (Å²) in [6.45, 7) is 10.5. The van der Waals surface area contributed by atoms with E-state index in [1.165, 1.54) is 0 Å². The van der Waals surface area contributed by atoms with Gasteiger partial charge in [-0.05, 0) is 6.42 Å². The van der Waals surface area contributed by atoms with E-state index >= 15 is 0 Å². The lowest BCUT2D eigenvalue weighted by Crippen LogP contribution is -2.26. The zero-order chi connectivity index (χ0) is 24.1. The van der Waals surface area contributed by atoms with Gasteiger partial charge >= 0.3 is 6.09 Å². The first kappa shape index (κ1) is 31.9. The fourth-order valence-corrected chi connectivity index (χ4v) is 2.18. The van der Waals surface area contributed by atoms with Crippen molar-refractivity contribution in [1.82, 2.24) is 5.32 Å². The molecule has 0 bridgehead atoms. The second kappa shape index (κ2) is 29.0. The summed E-state index contributed by atoms with van der Waals surface area (Å²) in [5, 5.41) is 2.67. The molecular weight excluding hydrogens is 438 g/mol. The van der Waals surface area contributed by atoms with Crippen molar-refractivity contribution in [3.63, 3.8) is 0 Å². The molecule has 0 fully saturated rings. The molecule has 0 unspecified atom stereocenters. The van der Waals surface area contributed by atoms with Gasteiger partial charge in [0.25, 0.3) is 0 Å². The molecule has 0 aromatic rings. The summed E-state index contributed by atoms with van der Waals surface area (Å²) >= 11 is 0. The number of alkyl carbamates (subject to hydrolysis) is 1. The van der Waals surface area contributed by atoms with Crippen molar-refractivity contribution in [1.29, 1.82) is 0 Å². The molecule has 0 spiro atoms. The standard InChI is InChI=1S/C22H45NO10/c1-3-4-5-23-22(24)33-21-20-32-19-18-31-17-16-30-15-14-29-13-12-28-11-10-27-9-8-26-7-6-25-2/h3-21H2,1-2H3,(H,23,24).